The minimum Gasteiger partial charge on any atom is -0.458 e. The maximum atomic E-state index is 10.2. The summed E-state index contributed by atoms with van der Waals surface area (Å²) in [5.41, 5.74) is 0.822. The van der Waals surface area contributed by atoms with Crippen LogP contribution in [0.5, 0.6) is 0 Å². The van der Waals surface area contributed by atoms with Crippen molar-refractivity contribution >= 4 is 21.7 Å². The predicted molar refractivity (Wildman–Crippen MR) is 81.8 cm³/mol. The van der Waals surface area contributed by atoms with Crippen LogP contribution in [0.2, 0.25) is 0 Å². The van der Waals surface area contributed by atoms with E-state index < -0.39 is 6.10 Å². The molecular weight excluding hydrogens is 250 g/mol. The highest BCUT2D eigenvalue weighted by molar-refractivity contribution is 5.96. The van der Waals surface area contributed by atoms with Gasteiger partial charge in [-0.15, -0.1) is 0 Å². The van der Waals surface area contributed by atoms with Gasteiger partial charge in [0, 0.05) is 18.0 Å². The van der Waals surface area contributed by atoms with Crippen LogP contribution in [0.3, 0.4) is 0 Å². The molecule has 1 unspecified atom stereocenters. The lowest BCUT2D eigenvalue weighted by atomic mass is 10.1. The molecule has 20 heavy (non-hydrogen) atoms. The summed E-state index contributed by atoms with van der Waals surface area (Å²) in [6.07, 6.45) is -0.618. The van der Waals surface area contributed by atoms with Gasteiger partial charge in [0.2, 0.25) is 0 Å². The van der Waals surface area contributed by atoms with Crippen LogP contribution in [0.4, 0.5) is 0 Å². The van der Waals surface area contributed by atoms with Crippen molar-refractivity contribution in [1.82, 2.24) is 5.32 Å². The number of furan rings is 1. The van der Waals surface area contributed by atoms with E-state index in [1.54, 1.807) is 0 Å². The third-order valence-corrected chi connectivity index (χ3v) is 3.45. The second-order valence-corrected chi connectivity index (χ2v) is 5.46. The largest absolute Gasteiger partial charge is 0.458 e. The van der Waals surface area contributed by atoms with E-state index in [1.807, 2.05) is 24.3 Å². The van der Waals surface area contributed by atoms with E-state index in [-0.39, 0.29) is 0 Å². The zero-order valence-corrected chi connectivity index (χ0v) is 11.8. The van der Waals surface area contributed by atoms with Gasteiger partial charge in [0.1, 0.15) is 17.4 Å². The molecule has 1 atom stereocenters. The summed E-state index contributed by atoms with van der Waals surface area (Å²) in [6, 6.07) is 14.6. The van der Waals surface area contributed by atoms with E-state index in [9.17, 15) is 5.11 Å². The molecule has 3 aromatic rings. The molecule has 0 aliphatic carbocycles. The summed E-state index contributed by atoms with van der Waals surface area (Å²) in [7, 11) is 0. The molecule has 3 heteroatoms. The standard InChI is InChI=1S/C17H19NO2/c1-11(2)18-10-15(19)17-9-14-7-12-5-3-4-6-13(12)8-16(14)20-17/h3-9,11,15,18-19H,10H2,1-2H3. The molecule has 1 heterocycles. The molecule has 2 N–H and O–H groups in total. The molecule has 3 rings (SSSR count). The summed E-state index contributed by atoms with van der Waals surface area (Å²) < 4.78 is 5.78. The number of rotatable bonds is 4. The molecule has 3 nitrogen and oxygen atoms in total. The Bertz CT molecular complexity index is 678. The van der Waals surface area contributed by atoms with Crippen LogP contribution < -0.4 is 5.32 Å². The van der Waals surface area contributed by atoms with E-state index in [0.29, 0.717) is 18.3 Å². The van der Waals surface area contributed by atoms with E-state index in [4.69, 9.17) is 4.42 Å². The van der Waals surface area contributed by atoms with E-state index in [2.05, 4.69) is 37.4 Å². The monoisotopic (exact) mass is 269 g/mol. The second kappa shape index (κ2) is 5.27. The van der Waals surface area contributed by atoms with Crippen molar-refractivity contribution < 1.29 is 9.52 Å². The lowest BCUT2D eigenvalue weighted by molar-refractivity contribution is 0.147. The summed E-state index contributed by atoms with van der Waals surface area (Å²) >= 11 is 0. The van der Waals surface area contributed by atoms with Crippen LogP contribution in [-0.4, -0.2) is 17.7 Å². The third kappa shape index (κ3) is 2.55. The van der Waals surface area contributed by atoms with E-state index >= 15 is 0 Å². The first-order chi connectivity index (χ1) is 9.63. The SMILES string of the molecule is CC(C)NCC(O)c1cc2cc3ccccc3cc2o1. The quantitative estimate of drug-likeness (QED) is 0.760. The van der Waals surface area contributed by atoms with Gasteiger partial charge in [-0.25, -0.2) is 0 Å². The Morgan fingerprint density at radius 3 is 2.45 bits per heavy atom. The van der Waals surface area contributed by atoms with Crippen LogP contribution in [0.25, 0.3) is 21.7 Å². The number of aliphatic hydroxyl groups excluding tert-OH is 1. The number of aliphatic hydroxyl groups is 1. The highest BCUT2D eigenvalue weighted by atomic mass is 16.4. The lowest BCUT2D eigenvalue weighted by Crippen LogP contribution is -2.27. The minimum atomic E-state index is -0.618. The number of fused-ring (bicyclic) bond motifs is 2. The van der Waals surface area contributed by atoms with Gasteiger partial charge in [-0.05, 0) is 29.0 Å². The van der Waals surface area contributed by atoms with Crippen LogP contribution in [0.15, 0.2) is 46.9 Å². The first kappa shape index (κ1) is 13.2. The van der Waals surface area contributed by atoms with Crippen molar-refractivity contribution in [2.45, 2.75) is 26.0 Å². The normalized spacial score (nSPS) is 13.4. The van der Waals surface area contributed by atoms with Gasteiger partial charge in [-0.3, -0.25) is 0 Å². The summed E-state index contributed by atoms with van der Waals surface area (Å²) in [5.74, 6) is 0.614. The van der Waals surface area contributed by atoms with E-state index in [0.717, 1.165) is 16.4 Å². The van der Waals surface area contributed by atoms with Gasteiger partial charge in [0.05, 0.1) is 0 Å². The van der Waals surface area contributed by atoms with Gasteiger partial charge < -0.3 is 14.8 Å². The van der Waals surface area contributed by atoms with Crippen LogP contribution in [-0.2, 0) is 0 Å². The molecule has 0 aliphatic rings. The molecule has 0 spiro atoms. The van der Waals surface area contributed by atoms with Gasteiger partial charge >= 0.3 is 0 Å². The number of nitrogens with one attached hydrogen (secondary N) is 1. The fraction of sp³-hybridized carbons (Fsp3) is 0.294. The molecule has 2 aromatic carbocycles. The van der Waals surface area contributed by atoms with Gasteiger partial charge in [0.25, 0.3) is 0 Å². The lowest BCUT2D eigenvalue weighted by Gasteiger charge is -2.11. The maximum Gasteiger partial charge on any atom is 0.135 e. The molecule has 1 aromatic heterocycles. The molecule has 0 saturated carbocycles. The Hall–Kier alpha value is -1.84. The van der Waals surface area contributed by atoms with E-state index in [1.165, 1.54) is 5.39 Å². The average molecular weight is 269 g/mol. The Morgan fingerprint density at radius 2 is 1.75 bits per heavy atom. The molecule has 0 radical (unpaired) electrons. The van der Waals surface area contributed by atoms with Crippen LogP contribution in [0.1, 0.15) is 25.7 Å². The van der Waals surface area contributed by atoms with Crippen LogP contribution >= 0.6 is 0 Å². The summed E-state index contributed by atoms with van der Waals surface area (Å²) in [5, 5.41) is 16.7. The van der Waals surface area contributed by atoms with Crippen molar-refractivity contribution in [3.8, 4) is 0 Å². The first-order valence-electron chi connectivity index (χ1n) is 6.97. The van der Waals surface area contributed by atoms with Crippen molar-refractivity contribution in [3.63, 3.8) is 0 Å². The zero-order valence-electron chi connectivity index (χ0n) is 11.8. The number of hydrogen-bond acceptors (Lipinski definition) is 3. The van der Waals surface area contributed by atoms with Gasteiger partial charge in [-0.1, -0.05) is 38.1 Å². The predicted octanol–water partition coefficient (Wildman–Crippen LogP) is 3.62. The van der Waals surface area contributed by atoms with Gasteiger partial charge in [0.15, 0.2) is 0 Å². The van der Waals surface area contributed by atoms with Gasteiger partial charge in [-0.2, -0.15) is 0 Å². The summed E-state index contributed by atoms with van der Waals surface area (Å²) in [6.45, 7) is 4.60. The van der Waals surface area contributed by atoms with Crippen molar-refractivity contribution in [2.75, 3.05) is 6.54 Å². The zero-order chi connectivity index (χ0) is 14.1. The van der Waals surface area contributed by atoms with Crippen molar-refractivity contribution in [2.24, 2.45) is 0 Å². The molecule has 0 bridgehead atoms. The topological polar surface area (TPSA) is 45.4 Å². The smallest absolute Gasteiger partial charge is 0.135 e. The maximum absolute atomic E-state index is 10.2. The van der Waals surface area contributed by atoms with Crippen LogP contribution in [0, 0.1) is 0 Å². The highest BCUT2D eigenvalue weighted by Crippen LogP contribution is 2.28. The molecular formula is C17H19NO2. The first-order valence-corrected chi connectivity index (χ1v) is 6.97. The molecule has 0 saturated heterocycles. The van der Waals surface area contributed by atoms with Crippen molar-refractivity contribution in [1.29, 1.82) is 0 Å². The molecule has 0 fully saturated rings. The average Bonchev–Trinajstić information content (AvgIpc) is 2.84. The Morgan fingerprint density at radius 1 is 1.05 bits per heavy atom. The molecule has 104 valence electrons. The molecule has 0 amide bonds. The third-order valence-electron chi connectivity index (χ3n) is 3.45. The highest BCUT2D eigenvalue weighted by Gasteiger charge is 2.14. The Balaban J connectivity index is 1.95. The Labute approximate surface area is 118 Å². The fourth-order valence-corrected chi connectivity index (χ4v) is 2.36. The molecule has 0 aliphatic heterocycles. The fourth-order valence-electron chi connectivity index (χ4n) is 2.36. The number of hydrogen-bond donors (Lipinski definition) is 2. The Kier molecular flexibility index (Phi) is 3.47. The van der Waals surface area contributed by atoms with Crippen molar-refractivity contribution in [3.05, 3.63) is 48.2 Å². The second-order valence-electron chi connectivity index (χ2n) is 5.46. The number of benzene rings is 2. The summed E-state index contributed by atoms with van der Waals surface area (Å²) in [4.78, 5) is 0. The minimum absolute atomic E-state index is 0.344.